The summed E-state index contributed by atoms with van der Waals surface area (Å²) in [5.41, 5.74) is 1.59. The van der Waals surface area contributed by atoms with E-state index in [2.05, 4.69) is 38.4 Å². The summed E-state index contributed by atoms with van der Waals surface area (Å²) in [6, 6.07) is 17.1. The van der Waals surface area contributed by atoms with Gasteiger partial charge in [-0.05, 0) is 42.2 Å². The Morgan fingerprint density at radius 3 is 2.52 bits per heavy atom. The normalized spacial score (nSPS) is 10.6. The lowest BCUT2D eigenvalue weighted by molar-refractivity contribution is 0.0949. The summed E-state index contributed by atoms with van der Waals surface area (Å²) in [5.74, 6) is 1.46. The fourth-order valence-electron chi connectivity index (χ4n) is 2.34. The van der Waals surface area contributed by atoms with Crippen molar-refractivity contribution < 1.29 is 4.79 Å². The molecule has 5 nitrogen and oxygen atoms in total. The lowest BCUT2D eigenvalue weighted by atomic mass is 10.2. The minimum absolute atomic E-state index is 0.129. The topological polar surface area (TPSA) is 59.8 Å². The van der Waals surface area contributed by atoms with E-state index in [-0.39, 0.29) is 5.91 Å². The van der Waals surface area contributed by atoms with Crippen LogP contribution in [-0.4, -0.2) is 26.4 Å². The molecule has 3 rings (SSSR count). The zero-order valence-corrected chi connectivity index (χ0v) is 16.0. The molecule has 0 fully saturated rings. The second-order valence-corrected chi connectivity index (χ2v) is 7.34. The summed E-state index contributed by atoms with van der Waals surface area (Å²) in [6.07, 6.45) is 0. The Balaban J connectivity index is 1.84. The van der Waals surface area contributed by atoms with E-state index in [1.807, 2.05) is 47.0 Å². The summed E-state index contributed by atoms with van der Waals surface area (Å²) < 4.78 is 2.99. The van der Waals surface area contributed by atoms with Crippen LogP contribution < -0.4 is 5.32 Å². The summed E-state index contributed by atoms with van der Waals surface area (Å²) in [6.45, 7) is 2.38. The lowest BCUT2D eigenvalue weighted by Gasteiger charge is -2.11. The minimum Gasteiger partial charge on any atom is -0.345 e. The van der Waals surface area contributed by atoms with E-state index in [4.69, 9.17) is 0 Å². The average molecular weight is 417 g/mol. The van der Waals surface area contributed by atoms with Gasteiger partial charge in [0.2, 0.25) is 0 Å². The van der Waals surface area contributed by atoms with Crippen LogP contribution in [0.25, 0.3) is 5.69 Å². The fourth-order valence-corrected chi connectivity index (χ4v) is 3.30. The average Bonchev–Trinajstić information content (AvgIpc) is 3.04. The third-order valence-corrected chi connectivity index (χ3v) is 4.84. The van der Waals surface area contributed by atoms with Crippen LogP contribution in [-0.2, 0) is 6.54 Å². The first-order valence-electron chi connectivity index (χ1n) is 7.85. The smallest absolute Gasteiger partial charge is 0.251 e. The summed E-state index contributed by atoms with van der Waals surface area (Å²) >= 11 is 5.07. The predicted molar refractivity (Wildman–Crippen MR) is 103 cm³/mol. The molecule has 1 N–H and O–H groups in total. The molecule has 0 unspecified atom stereocenters. The van der Waals surface area contributed by atoms with Crippen molar-refractivity contribution in [2.24, 2.45) is 0 Å². The van der Waals surface area contributed by atoms with Gasteiger partial charge in [0.25, 0.3) is 5.91 Å². The van der Waals surface area contributed by atoms with E-state index in [0.29, 0.717) is 17.9 Å². The van der Waals surface area contributed by atoms with Gasteiger partial charge in [0.05, 0.1) is 6.54 Å². The Labute approximate surface area is 159 Å². The highest BCUT2D eigenvalue weighted by Crippen LogP contribution is 2.23. The number of hydrogen-bond acceptors (Lipinski definition) is 4. The van der Waals surface area contributed by atoms with Crippen molar-refractivity contribution in [1.82, 2.24) is 20.1 Å². The van der Waals surface area contributed by atoms with E-state index < -0.39 is 0 Å². The molecule has 0 saturated heterocycles. The highest BCUT2D eigenvalue weighted by atomic mass is 79.9. The SMILES string of the molecule is CCSc1nnc(CNC(=O)c2ccccc2)n1-c1ccc(Br)cc1. The Hall–Kier alpha value is -2.12. The zero-order valence-electron chi connectivity index (χ0n) is 13.6. The highest BCUT2D eigenvalue weighted by molar-refractivity contribution is 9.10. The van der Waals surface area contributed by atoms with Crippen LogP contribution in [0.2, 0.25) is 0 Å². The van der Waals surface area contributed by atoms with Crippen molar-refractivity contribution in [1.29, 1.82) is 0 Å². The van der Waals surface area contributed by atoms with Gasteiger partial charge >= 0.3 is 0 Å². The van der Waals surface area contributed by atoms with Gasteiger partial charge in [0, 0.05) is 15.7 Å². The van der Waals surface area contributed by atoms with Crippen LogP contribution in [0.4, 0.5) is 0 Å². The molecular weight excluding hydrogens is 400 g/mol. The molecule has 0 saturated carbocycles. The van der Waals surface area contributed by atoms with E-state index in [1.165, 1.54) is 0 Å². The maximum absolute atomic E-state index is 12.3. The number of carbonyl (C=O) groups excluding carboxylic acids is 1. The van der Waals surface area contributed by atoms with Gasteiger partial charge in [0.1, 0.15) is 0 Å². The molecule has 1 heterocycles. The first kappa shape index (κ1) is 17.7. The molecule has 25 heavy (non-hydrogen) atoms. The molecule has 0 atom stereocenters. The highest BCUT2D eigenvalue weighted by Gasteiger charge is 2.15. The van der Waals surface area contributed by atoms with Crippen LogP contribution in [0.15, 0.2) is 64.2 Å². The van der Waals surface area contributed by atoms with Crippen molar-refractivity contribution in [3.63, 3.8) is 0 Å². The minimum atomic E-state index is -0.129. The number of carbonyl (C=O) groups is 1. The number of benzene rings is 2. The molecule has 0 radical (unpaired) electrons. The monoisotopic (exact) mass is 416 g/mol. The van der Waals surface area contributed by atoms with Crippen molar-refractivity contribution in [3.05, 3.63) is 70.5 Å². The standard InChI is InChI=1S/C18H17BrN4OS/c1-2-25-18-22-21-16(23(18)15-10-8-14(19)9-11-15)12-20-17(24)13-6-4-3-5-7-13/h3-11H,2,12H2,1H3,(H,20,24). The summed E-state index contributed by atoms with van der Waals surface area (Å²) in [5, 5.41) is 12.3. The summed E-state index contributed by atoms with van der Waals surface area (Å²) in [7, 11) is 0. The van der Waals surface area contributed by atoms with Crippen molar-refractivity contribution >= 4 is 33.6 Å². The molecule has 2 aromatic carbocycles. The van der Waals surface area contributed by atoms with Gasteiger partial charge in [0.15, 0.2) is 11.0 Å². The van der Waals surface area contributed by atoms with Crippen molar-refractivity contribution in [2.75, 3.05) is 5.75 Å². The number of rotatable bonds is 6. The van der Waals surface area contributed by atoms with Crippen LogP contribution in [0, 0.1) is 0 Å². The summed E-state index contributed by atoms with van der Waals surface area (Å²) in [4.78, 5) is 12.3. The number of hydrogen-bond donors (Lipinski definition) is 1. The lowest BCUT2D eigenvalue weighted by Crippen LogP contribution is -2.24. The number of amides is 1. The Kier molecular flexibility index (Phi) is 5.88. The molecule has 0 spiro atoms. The third kappa shape index (κ3) is 4.29. The van der Waals surface area contributed by atoms with Crippen molar-refractivity contribution in [2.45, 2.75) is 18.6 Å². The Bertz CT molecular complexity index is 849. The number of aromatic nitrogens is 3. The maximum atomic E-state index is 12.3. The van der Waals surface area contributed by atoms with Gasteiger partial charge in [-0.25, -0.2) is 0 Å². The largest absolute Gasteiger partial charge is 0.345 e. The van der Waals surface area contributed by atoms with Gasteiger partial charge in [-0.1, -0.05) is 52.8 Å². The molecular formula is C18H17BrN4OS. The first-order chi connectivity index (χ1) is 12.2. The van der Waals surface area contributed by atoms with E-state index in [9.17, 15) is 4.79 Å². The van der Waals surface area contributed by atoms with Crippen molar-refractivity contribution in [3.8, 4) is 5.69 Å². The molecule has 7 heteroatoms. The van der Waals surface area contributed by atoms with E-state index >= 15 is 0 Å². The molecule has 3 aromatic rings. The number of nitrogens with one attached hydrogen (secondary N) is 1. The van der Waals surface area contributed by atoms with Crippen LogP contribution in [0.1, 0.15) is 23.1 Å². The Morgan fingerprint density at radius 1 is 1.12 bits per heavy atom. The number of nitrogens with zero attached hydrogens (tertiary/aromatic N) is 3. The third-order valence-electron chi connectivity index (χ3n) is 3.50. The second kappa shape index (κ2) is 8.31. The maximum Gasteiger partial charge on any atom is 0.251 e. The van der Waals surface area contributed by atoms with Gasteiger partial charge in [-0.15, -0.1) is 10.2 Å². The molecule has 0 aliphatic heterocycles. The number of halogens is 1. The fraction of sp³-hybridized carbons (Fsp3) is 0.167. The first-order valence-corrected chi connectivity index (χ1v) is 9.63. The number of thioether (sulfide) groups is 1. The van der Waals surface area contributed by atoms with Gasteiger partial charge in [-0.2, -0.15) is 0 Å². The molecule has 1 aromatic heterocycles. The second-order valence-electron chi connectivity index (χ2n) is 5.19. The molecule has 0 aliphatic carbocycles. The Morgan fingerprint density at radius 2 is 1.84 bits per heavy atom. The molecule has 128 valence electrons. The van der Waals surface area contributed by atoms with Gasteiger partial charge < -0.3 is 5.32 Å². The van der Waals surface area contributed by atoms with Crippen LogP contribution in [0.5, 0.6) is 0 Å². The quantitative estimate of drug-likeness (QED) is 0.615. The molecule has 1 amide bonds. The van der Waals surface area contributed by atoms with Crippen LogP contribution in [0.3, 0.4) is 0 Å². The zero-order chi connectivity index (χ0) is 17.6. The molecule has 0 aliphatic rings. The van der Waals surface area contributed by atoms with Crippen LogP contribution >= 0.6 is 27.7 Å². The predicted octanol–water partition coefficient (Wildman–Crippen LogP) is 4.07. The van der Waals surface area contributed by atoms with Gasteiger partial charge in [-0.3, -0.25) is 9.36 Å². The van der Waals surface area contributed by atoms with E-state index in [0.717, 1.165) is 21.1 Å². The van der Waals surface area contributed by atoms with E-state index in [1.54, 1.807) is 23.9 Å². The molecule has 0 bridgehead atoms.